The lowest BCUT2D eigenvalue weighted by molar-refractivity contribution is -0.113. The number of carbonyl (C=O) groups excluding carboxylic acids is 1. The summed E-state index contributed by atoms with van der Waals surface area (Å²) in [7, 11) is 1.62. The Labute approximate surface area is 172 Å². The highest BCUT2D eigenvalue weighted by Gasteiger charge is 2.14. The summed E-state index contributed by atoms with van der Waals surface area (Å²) in [5.41, 5.74) is 2.55. The summed E-state index contributed by atoms with van der Waals surface area (Å²) in [6.45, 7) is 1.85. The second kappa shape index (κ2) is 8.99. The molecule has 0 atom stereocenters. The first-order chi connectivity index (χ1) is 13.5. The average Bonchev–Trinajstić information content (AvgIpc) is 3.04. The summed E-state index contributed by atoms with van der Waals surface area (Å²) < 4.78 is 6.56. The monoisotopic (exact) mass is 417 g/mol. The van der Waals surface area contributed by atoms with Crippen molar-refractivity contribution < 1.29 is 9.53 Å². The molecule has 0 radical (unpaired) electrons. The first-order valence-corrected chi connectivity index (χ1v) is 9.84. The number of hydrogen-bond acceptors (Lipinski definition) is 6. The van der Waals surface area contributed by atoms with Crippen LogP contribution in [0.1, 0.15) is 17.0 Å². The lowest BCUT2D eigenvalue weighted by atomic mass is 10.1. The first-order valence-electron chi connectivity index (χ1n) is 8.48. The number of nitrogens with one attached hydrogen (secondary N) is 1. The Bertz CT molecular complexity index is 975. The third-order valence-electron chi connectivity index (χ3n) is 4.13. The molecule has 3 rings (SSSR count). The summed E-state index contributed by atoms with van der Waals surface area (Å²) in [4.78, 5) is 12.2. The number of rotatable bonds is 7. The maximum atomic E-state index is 12.2. The number of aromatic nitrogens is 3. The second-order valence-corrected chi connectivity index (χ2v) is 7.39. The van der Waals surface area contributed by atoms with Gasteiger partial charge in [0, 0.05) is 17.1 Å². The third-order valence-corrected chi connectivity index (χ3v) is 5.48. The topological polar surface area (TPSA) is 95.1 Å². The molecular formula is C19H20ClN5O2S. The smallest absolute Gasteiger partial charge is 0.234 e. The molecule has 0 fully saturated rings. The Morgan fingerprint density at radius 1 is 1.25 bits per heavy atom. The van der Waals surface area contributed by atoms with E-state index in [0.29, 0.717) is 28.1 Å². The minimum atomic E-state index is -0.171. The van der Waals surface area contributed by atoms with Gasteiger partial charge in [0.1, 0.15) is 5.75 Å². The van der Waals surface area contributed by atoms with Crippen LogP contribution in [0.15, 0.2) is 47.6 Å². The van der Waals surface area contributed by atoms with Gasteiger partial charge in [-0.15, -0.1) is 10.2 Å². The van der Waals surface area contributed by atoms with Crippen molar-refractivity contribution in [1.29, 1.82) is 0 Å². The number of halogens is 1. The quantitative estimate of drug-likeness (QED) is 0.452. The van der Waals surface area contributed by atoms with E-state index in [1.165, 1.54) is 16.4 Å². The number of nitrogens with two attached hydrogens (primary N) is 1. The third kappa shape index (κ3) is 4.76. The van der Waals surface area contributed by atoms with E-state index in [9.17, 15) is 4.79 Å². The van der Waals surface area contributed by atoms with Gasteiger partial charge in [-0.25, -0.2) is 4.68 Å². The largest absolute Gasteiger partial charge is 0.497 e. The molecule has 0 spiro atoms. The maximum Gasteiger partial charge on any atom is 0.234 e. The van der Waals surface area contributed by atoms with Gasteiger partial charge in [-0.05, 0) is 42.3 Å². The predicted octanol–water partition coefficient (Wildman–Crippen LogP) is 3.28. The Hall–Kier alpha value is -2.71. The van der Waals surface area contributed by atoms with E-state index in [4.69, 9.17) is 22.2 Å². The molecule has 0 saturated heterocycles. The van der Waals surface area contributed by atoms with Gasteiger partial charge in [0.05, 0.1) is 12.9 Å². The van der Waals surface area contributed by atoms with Gasteiger partial charge in [-0.3, -0.25) is 4.79 Å². The van der Waals surface area contributed by atoms with Crippen molar-refractivity contribution in [3.05, 3.63) is 64.4 Å². The van der Waals surface area contributed by atoms with Gasteiger partial charge < -0.3 is 15.9 Å². The minimum absolute atomic E-state index is 0.157. The van der Waals surface area contributed by atoms with Crippen molar-refractivity contribution in [1.82, 2.24) is 14.9 Å². The zero-order chi connectivity index (χ0) is 20.1. The highest BCUT2D eigenvalue weighted by molar-refractivity contribution is 7.99. The fraction of sp³-hybridized carbons (Fsp3) is 0.211. The van der Waals surface area contributed by atoms with E-state index < -0.39 is 0 Å². The van der Waals surface area contributed by atoms with Crippen molar-refractivity contribution in [3.63, 3.8) is 0 Å². The zero-order valence-corrected chi connectivity index (χ0v) is 17.0. The Balaban J connectivity index is 1.59. The fourth-order valence-electron chi connectivity index (χ4n) is 2.51. The molecule has 1 aromatic heterocycles. The number of carbonyl (C=O) groups is 1. The van der Waals surface area contributed by atoms with Crippen molar-refractivity contribution in [2.24, 2.45) is 0 Å². The molecule has 2 aromatic carbocycles. The van der Waals surface area contributed by atoms with E-state index in [1.807, 2.05) is 37.3 Å². The number of nitrogen functional groups attached to an aromatic ring is 1. The van der Waals surface area contributed by atoms with Crippen molar-refractivity contribution >= 4 is 35.0 Å². The second-order valence-electron chi connectivity index (χ2n) is 6.04. The number of benzene rings is 2. The van der Waals surface area contributed by atoms with Crippen molar-refractivity contribution in [2.45, 2.75) is 18.5 Å². The number of nitrogens with zero attached hydrogens (tertiary/aromatic N) is 3. The molecule has 0 bridgehead atoms. The van der Waals surface area contributed by atoms with E-state index >= 15 is 0 Å². The highest BCUT2D eigenvalue weighted by Crippen LogP contribution is 2.24. The van der Waals surface area contributed by atoms with Gasteiger partial charge in [0.25, 0.3) is 0 Å². The molecular weight excluding hydrogens is 398 g/mol. The Morgan fingerprint density at radius 3 is 2.71 bits per heavy atom. The Kier molecular flexibility index (Phi) is 6.43. The van der Waals surface area contributed by atoms with Gasteiger partial charge >= 0.3 is 0 Å². The van der Waals surface area contributed by atoms with Crippen molar-refractivity contribution in [3.8, 4) is 5.75 Å². The van der Waals surface area contributed by atoms with E-state index in [1.54, 1.807) is 19.2 Å². The maximum absolute atomic E-state index is 12.2. The highest BCUT2D eigenvalue weighted by atomic mass is 35.5. The molecule has 1 amide bonds. The van der Waals surface area contributed by atoms with Gasteiger partial charge in [-0.1, -0.05) is 41.6 Å². The molecule has 0 aliphatic rings. The fourth-order valence-corrected chi connectivity index (χ4v) is 3.36. The van der Waals surface area contributed by atoms with E-state index in [-0.39, 0.29) is 11.7 Å². The lowest BCUT2D eigenvalue weighted by Crippen LogP contribution is -2.17. The number of thioether (sulfide) groups is 1. The number of amides is 1. The average molecular weight is 418 g/mol. The zero-order valence-electron chi connectivity index (χ0n) is 15.5. The van der Waals surface area contributed by atoms with Crippen LogP contribution in [-0.4, -0.2) is 33.6 Å². The normalized spacial score (nSPS) is 10.7. The number of ether oxygens (including phenoxy) is 1. The number of anilines is 1. The minimum Gasteiger partial charge on any atom is -0.497 e. The van der Waals surface area contributed by atoms with Gasteiger partial charge in [-0.2, -0.15) is 0 Å². The molecule has 0 aliphatic heterocycles. The SMILES string of the molecule is COc1ccc(Cc2nnc(SCC(=O)Nc3cccc(Cl)c3C)n2N)cc1. The van der Waals surface area contributed by atoms with Crippen LogP contribution in [0.25, 0.3) is 0 Å². The van der Waals surface area contributed by atoms with Gasteiger partial charge in [0.2, 0.25) is 11.1 Å². The molecule has 7 nitrogen and oxygen atoms in total. The van der Waals surface area contributed by atoms with Crippen LogP contribution in [-0.2, 0) is 11.2 Å². The molecule has 9 heteroatoms. The van der Waals surface area contributed by atoms with E-state index in [2.05, 4.69) is 15.5 Å². The van der Waals surface area contributed by atoms with Gasteiger partial charge in [0.15, 0.2) is 5.82 Å². The van der Waals surface area contributed by atoms with Crippen LogP contribution in [0.4, 0.5) is 5.69 Å². The predicted molar refractivity (Wildman–Crippen MR) is 112 cm³/mol. The summed E-state index contributed by atoms with van der Waals surface area (Å²) in [6, 6.07) is 13.0. The first kappa shape index (κ1) is 20.0. The van der Waals surface area contributed by atoms with E-state index in [0.717, 1.165) is 16.9 Å². The lowest BCUT2D eigenvalue weighted by Gasteiger charge is -2.09. The summed E-state index contributed by atoms with van der Waals surface area (Å²) >= 11 is 7.30. The number of hydrogen-bond donors (Lipinski definition) is 2. The standard InChI is InChI=1S/C19H20ClN5O2S/c1-12-15(20)4-3-5-16(12)22-18(26)11-28-19-24-23-17(25(19)21)10-13-6-8-14(27-2)9-7-13/h3-9H,10-11,21H2,1-2H3,(H,22,26). The Morgan fingerprint density at radius 2 is 2.00 bits per heavy atom. The van der Waals surface area contributed by atoms with Crippen LogP contribution in [0.2, 0.25) is 5.02 Å². The molecule has 0 saturated carbocycles. The molecule has 3 N–H and O–H groups in total. The summed E-state index contributed by atoms with van der Waals surface area (Å²) in [5.74, 6) is 7.47. The summed E-state index contributed by atoms with van der Waals surface area (Å²) in [5, 5.41) is 12.1. The molecule has 1 heterocycles. The van der Waals surface area contributed by atoms with Crippen LogP contribution >= 0.6 is 23.4 Å². The summed E-state index contributed by atoms with van der Waals surface area (Å²) in [6.07, 6.45) is 0.530. The van der Waals surface area contributed by atoms with Crippen LogP contribution < -0.4 is 15.9 Å². The van der Waals surface area contributed by atoms with Crippen molar-refractivity contribution in [2.75, 3.05) is 24.0 Å². The molecule has 146 valence electrons. The van der Waals surface area contributed by atoms with Crippen LogP contribution in [0.5, 0.6) is 5.75 Å². The molecule has 0 unspecified atom stereocenters. The van der Waals surface area contributed by atoms with Crippen LogP contribution in [0, 0.1) is 6.92 Å². The molecule has 0 aliphatic carbocycles. The molecule has 28 heavy (non-hydrogen) atoms. The van der Waals surface area contributed by atoms with Crippen LogP contribution in [0.3, 0.4) is 0 Å². The molecule has 3 aromatic rings. The number of methoxy groups -OCH3 is 1.